The normalized spacial score (nSPS) is 40.7. The van der Waals surface area contributed by atoms with Crippen LogP contribution < -0.4 is 0 Å². The van der Waals surface area contributed by atoms with Gasteiger partial charge in [-0.1, -0.05) is 12.8 Å². The summed E-state index contributed by atoms with van der Waals surface area (Å²) in [6.07, 6.45) is 6.72. The van der Waals surface area contributed by atoms with Gasteiger partial charge in [-0.25, -0.2) is 0 Å². The van der Waals surface area contributed by atoms with Crippen LogP contribution >= 0.6 is 0 Å². The standard InChI is InChI=1S/C13H24O3/c1-3-15-12-9-13(8-10(2)14)7-5-4-6-11(13)16-12/h10-12,14H,3-9H2,1-2H3/t10?,11-,12?,13+/m0/s1. The van der Waals surface area contributed by atoms with Gasteiger partial charge in [-0.05, 0) is 33.1 Å². The maximum absolute atomic E-state index is 9.67. The Morgan fingerprint density at radius 1 is 1.50 bits per heavy atom. The average Bonchev–Trinajstić information content (AvgIpc) is 2.54. The fraction of sp³-hybridized carbons (Fsp3) is 1.00. The summed E-state index contributed by atoms with van der Waals surface area (Å²) < 4.78 is 11.6. The summed E-state index contributed by atoms with van der Waals surface area (Å²) in [5.41, 5.74) is 0.187. The molecule has 3 nitrogen and oxygen atoms in total. The Balaban J connectivity index is 2.05. The molecule has 2 aliphatic rings. The second-order valence-corrected chi connectivity index (χ2v) is 5.38. The lowest BCUT2D eigenvalue weighted by Gasteiger charge is -2.38. The average molecular weight is 228 g/mol. The van der Waals surface area contributed by atoms with Crippen molar-refractivity contribution < 1.29 is 14.6 Å². The Morgan fingerprint density at radius 2 is 2.31 bits per heavy atom. The highest BCUT2D eigenvalue weighted by molar-refractivity contribution is 4.96. The summed E-state index contributed by atoms with van der Waals surface area (Å²) in [4.78, 5) is 0. The Hall–Kier alpha value is -0.120. The first kappa shape index (κ1) is 12.3. The van der Waals surface area contributed by atoms with Gasteiger partial charge in [-0.2, -0.15) is 0 Å². The number of aliphatic hydroxyl groups excluding tert-OH is 1. The van der Waals surface area contributed by atoms with Gasteiger partial charge >= 0.3 is 0 Å². The van der Waals surface area contributed by atoms with Gasteiger partial charge in [0.15, 0.2) is 6.29 Å². The fourth-order valence-electron chi connectivity index (χ4n) is 3.47. The van der Waals surface area contributed by atoms with Gasteiger partial charge in [0.1, 0.15) is 0 Å². The molecule has 2 rings (SSSR count). The molecule has 0 bridgehead atoms. The number of hydrogen-bond donors (Lipinski definition) is 1. The van der Waals surface area contributed by atoms with Crippen molar-refractivity contribution in [2.24, 2.45) is 5.41 Å². The minimum atomic E-state index is -0.232. The van der Waals surface area contributed by atoms with Crippen LogP contribution in [0.25, 0.3) is 0 Å². The molecule has 0 amide bonds. The van der Waals surface area contributed by atoms with Crippen LogP contribution in [0.3, 0.4) is 0 Å². The molecule has 4 atom stereocenters. The summed E-state index contributed by atoms with van der Waals surface area (Å²) in [6, 6.07) is 0. The third kappa shape index (κ3) is 2.41. The highest BCUT2D eigenvalue weighted by Crippen LogP contribution is 2.51. The lowest BCUT2D eigenvalue weighted by Crippen LogP contribution is -2.36. The minimum absolute atomic E-state index is 0.0353. The molecule has 2 unspecified atom stereocenters. The van der Waals surface area contributed by atoms with E-state index in [1.165, 1.54) is 19.3 Å². The Morgan fingerprint density at radius 3 is 3.00 bits per heavy atom. The molecule has 0 aromatic heterocycles. The van der Waals surface area contributed by atoms with E-state index in [4.69, 9.17) is 9.47 Å². The highest BCUT2D eigenvalue weighted by Gasteiger charge is 2.50. The Kier molecular flexibility index (Phi) is 3.88. The minimum Gasteiger partial charge on any atom is -0.393 e. The second-order valence-electron chi connectivity index (χ2n) is 5.38. The van der Waals surface area contributed by atoms with Crippen LogP contribution in [0.1, 0.15) is 52.4 Å². The summed E-state index contributed by atoms with van der Waals surface area (Å²) in [6.45, 7) is 4.60. The van der Waals surface area contributed by atoms with Crippen molar-refractivity contribution in [1.82, 2.24) is 0 Å². The Labute approximate surface area is 98.1 Å². The quantitative estimate of drug-likeness (QED) is 0.803. The van der Waals surface area contributed by atoms with Crippen LogP contribution in [0, 0.1) is 5.41 Å². The highest BCUT2D eigenvalue weighted by atomic mass is 16.7. The molecule has 94 valence electrons. The van der Waals surface area contributed by atoms with E-state index in [9.17, 15) is 5.11 Å². The van der Waals surface area contributed by atoms with E-state index in [0.717, 1.165) is 19.3 Å². The Bertz CT molecular complexity index is 229. The van der Waals surface area contributed by atoms with Crippen LogP contribution in [0.15, 0.2) is 0 Å². The first-order chi connectivity index (χ1) is 7.66. The molecule has 0 aromatic rings. The van der Waals surface area contributed by atoms with Gasteiger partial charge in [0.05, 0.1) is 12.2 Å². The number of aliphatic hydroxyl groups is 1. The van der Waals surface area contributed by atoms with Crippen LogP contribution in [0.2, 0.25) is 0 Å². The molecular weight excluding hydrogens is 204 g/mol. The zero-order valence-corrected chi connectivity index (χ0v) is 10.4. The van der Waals surface area contributed by atoms with Crippen molar-refractivity contribution in [2.45, 2.75) is 70.9 Å². The molecule has 3 heteroatoms. The largest absolute Gasteiger partial charge is 0.393 e. The van der Waals surface area contributed by atoms with Crippen molar-refractivity contribution >= 4 is 0 Å². The third-order valence-corrected chi connectivity index (χ3v) is 4.02. The van der Waals surface area contributed by atoms with Gasteiger partial charge in [-0.15, -0.1) is 0 Å². The number of hydrogen-bond acceptors (Lipinski definition) is 3. The number of fused-ring (bicyclic) bond motifs is 1. The predicted octanol–water partition coefficient (Wildman–Crippen LogP) is 2.47. The molecule has 1 saturated carbocycles. The number of rotatable bonds is 4. The van der Waals surface area contributed by atoms with Gasteiger partial charge in [-0.3, -0.25) is 0 Å². The zero-order chi connectivity index (χ0) is 11.6. The lowest BCUT2D eigenvalue weighted by molar-refractivity contribution is -0.137. The molecule has 2 fully saturated rings. The van der Waals surface area contributed by atoms with Crippen molar-refractivity contribution in [3.05, 3.63) is 0 Å². The van der Waals surface area contributed by atoms with E-state index in [1.807, 2.05) is 13.8 Å². The van der Waals surface area contributed by atoms with E-state index in [0.29, 0.717) is 12.7 Å². The molecular formula is C13H24O3. The van der Waals surface area contributed by atoms with Crippen LogP contribution in [0.4, 0.5) is 0 Å². The van der Waals surface area contributed by atoms with E-state index in [-0.39, 0.29) is 17.8 Å². The molecule has 0 spiro atoms. The monoisotopic (exact) mass is 228 g/mol. The van der Waals surface area contributed by atoms with Crippen molar-refractivity contribution in [2.75, 3.05) is 6.61 Å². The summed E-state index contributed by atoms with van der Waals surface area (Å²) >= 11 is 0. The SMILES string of the molecule is CCOC1C[C@]2(CC(C)O)CCCC[C@@H]2O1. The maximum Gasteiger partial charge on any atom is 0.158 e. The first-order valence-corrected chi connectivity index (χ1v) is 6.61. The van der Waals surface area contributed by atoms with E-state index in [1.54, 1.807) is 0 Å². The van der Waals surface area contributed by atoms with E-state index < -0.39 is 0 Å². The van der Waals surface area contributed by atoms with Gasteiger partial charge < -0.3 is 14.6 Å². The molecule has 0 aromatic carbocycles. The second kappa shape index (κ2) is 5.03. The van der Waals surface area contributed by atoms with Crippen molar-refractivity contribution in [1.29, 1.82) is 0 Å². The van der Waals surface area contributed by atoms with Gasteiger partial charge in [0.2, 0.25) is 0 Å². The van der Waals surface area contributed by atoms with E-state index in [2.05, 4.69) is 0 Å². The summed E-state index contributed by atoms with van der Waals surface area (Å²) in [7, 11) is 0. The molecule has 1 aliphatic heterocycles. The summed E-state index contributed by atoms with van der Waals surface area (Å²) in [5, 5.41) is 9.67. The van der Waals surface area contributed by atoms with Crippen LogP contribution in [-0.2, 0) is 9.47 Å². The fourth-order valence-corrected chi connectivity index (χ4v) is 3.47. The van der Waals surface area contributed by atoms with Gasteiger partial charge in [0.25, 0.3) is 0 Å². The smallest absolute Gasteiger partial charge is 0.158 e. The zero-order valence-electron chi connectivity index (χ0n) is 10.4. The third-order valence-electron chi connectivity index (χ3n) is 4.02. The van der Waals surface area contributed by atoms with E-state index >= 15 is 0 Å². The molecule has 1 N–H and O–H groups in total. The first-order valence-electron chi connectivity index (χ1n) is 6.61. The van der Waals surface area contributed by atoms with Crippen LogP contribution in [0.5, 0.6) is 0 Å². The topological polar surface area (TPSA) is 38.7 Å². The molecule has 16 heavy (non-hydrogen) atoms. The maximum atomic E-state index is 9.67. The van der Waals surface area contributed by atoms with Crippen molar-refractivity contribution in [3.8, 4) is 0 Å². The summed E-state index contributed by atoms with van der Waals surface area (Å²) in [5.74, 6) is 0. The number of ether oxygens (including phenoxy) is 2. The van der Waals surface area contributed by atoms with Crippen LogP contribution in [-0.4, -0.2) is 30.2 Å². The van der Waals surface area contributed by atoms with Crippen molar-refractivity contribution in [3.63, 3.8) is 0 Å². The molecule has 1 heterocycles. The van der Waals surface area contributed by atoms with Gasteiger partial charge in [0, 0.05) is 18.4 Å². The molecule has 0 radical (unpaired) electrons. The predicted molar refractivity (Wildman–Crippen MR) is 62.1 cm³/mol. The molecule has 1 aliphatic carbocycles. The lowest BCUT2D eigenvalue weighted by atomic mass is 9.68. The molecule has 1 saturated heterocycles.